The van der Waals surface area contributed by atoms with E-state index in [-0.39, 0.29) is 11.1 Å². The van der Waals surface area contributed by atoms with Gasteiger partial charge in [-0.1, -0.05) is 60.2 Å². The van der Waals surface area contributed by atoms with E-state index >= 15 is 0 Å². The molecule has 1 unspecified atom stereocenters. The Morgan fingerprint density at radius 1 is 0.909 bits per heavy atom. The SMILES string of the molecule is CC(=O)NC(c1ccccc1)(c1ccc(C)cc1)C(F)(F)F. The van der Waals surface area contributed by atoms with E-state index in [1.54, 1.807) is 25.1 Å². The van der Waals surface area contributed by atoms with Crippen molar-refractivity contribution in [2.24, 2.45) is 0 Å². The summed E-state index contributed by atoms with van der Waals surface area (Å²) in [6.45, 7) is 2.87. The molecule has 2 aromatic rings. The summed E-state index contributed by atoms with van der Waals surface area (Å²) < 4.78 is 42.0. The van der Waals surface area contributed by atoms with Crippen LogP contribution in [0.1, 0.15) is 23.6 Å². The van der Waals surface area contributed by atoms with Crippen molar-refractivity contribution in [3.63, 3.8) is 0 Å². The number of amides is 1. The Bertz CT molecular complexity index is 650. The summed E-state index contributed by atoms with van der Waals surface area (Å²) in [5, 5.41) is 2.12. The Hall–Kier alpha value is -2.30. The number of halogens is 3. The average Bonchev–Trinajstić information content (AvgIpc) is 2.45. The normalized spacial score (nSPS) is 14.2. The predicted molar refractivity (Wildman–Crippen MR) is 78.3 cm³/mol. The zero-order chi connectivity index (χ0) is 16.4. The van der Waals surface area contributed by atoms with Gasteiger partial charge in [0.2, 0.25) is 5.91 Å². The van der Waals surface area contributed by atoms with Crippen molar-refractivity contribution in [2.45, 2.75) is 25.6 Å². The molecule has 0 saturated carbocycles. The summed E-state index contributed by atoms with van der Waals surface area (Å²) in [5.74, 6) is -0.748. The van der Waals surface area contributed by atoms with E-state index in [1.807, 2.05) is 0 Å². The Morgan fingerprint density at radius 2 is 1.41 bits per heavy atom. The molecule has 0 aliphatic rings. The molecule has 2 nitrogen and oxygen atoms in total. The van der Waals surface area contributed by atoms with Crippen molar-refractivity contribution in [1.29, 1.82) is 0 Å². The van der Waals surface area contributed by atoms with Gasteiger partial charge in [0.1, 0.15) is 0 Å². The molecule has 1 atom stereocenters. The van der Waals surface area contributed by atoms with Gasteiger partial charge in [-0.3, -0.25) is 4.79 Å². The number of aryl methyl sites for hydroxylation is 1. The number of carbonyl (C=O) groups excluding carboxylic acids is 1. The van der Waals surface area contributed by atoms with Crippen molar-refractivity contribution >= 4 is 5.91 Å². The number of alkyl halides is 3. The highest BCUT2D eigenvalue weighted by Crippen LogP contribution is 2.44. The second-order valence-corrected chi connectivity index (χ2v) is 5.16. The van der Waals surface area contributed by atoms with Crippen LogP contribution in [0.15, 0.2) is 54.6 Å². The molecule has 22 heavy (non-hydrogen) atoms. The van der Waals surface area contributed by atoms with Crippen LogP contribution in [0.5, 0.6) is 0 Å². The Morgan fingerprint density at radius 3 is 1.86 bits per heavy atom. The molecule has 0 fully saturated rings. The van der Waals surface area contributed by atoms with Gasteiger partial charge in [-0.2, -0.15) is 13.2 Å². The van der Waals surface area contributed by atoms with E-state index in [0.717, 1.165) is 12.5 Å². The van der Waals surface area contributed by atoms with Crippen molar-refractivity contribution < 1.29 is 18.0 Å². The molecular formula is C17H16F3NO. The summed E-state index contributed by atoms with van der Waals surface area (Å²) in [6, 6.07) is 13.4. The Labute approximate surface area is 127 Å². The van der Waals surface area contributed by atoms with E-state index in [9.17, 15) is 18.0 Å². The fourth-order valence-corrected chi connectivity index (χ4v) is 2.46. The molecule has 116 valence electrons. The van der Waals surface area contributed by atoms with Crippen LogP contribution < -0.4 is 5.32 Å². The molecule has 0 aliphatic heterocycles. The molecule has 0 spiro atoms. The van der Waals surface area contributed by atoms with E-state index in [0.29, 0.717) is 0 Å². The minimum atomic E-state index is -4.69. The third-order valence-electron chi connectivity index (χ3n) is 3.48. The lowest BCUT2D eigenvalue weighted by molar-refractivity contribution is -0.189. The topological polar surface area (TPSA) is 29.1 Å². The molecule has 1 amide bonds. The number of carbonyl (C=O) groups is 1. The highest BCUT2D eigenvalue weighted by molar-refractivity contribution is 5.75. The molecular weight excluding hydrogens is 291 g/mol. The smallest absolute Gasteiger partial charge is 0.335 e. The van der Waals surface area contributed by atoms with Crippen LogP contribution in [0.25, 0.3) is 0 Å². The van der Waals surface area contributed by atoms with E-state index in [2.05, 4.69) is 5.32 Å². The summed E-state index contributed by atoms with van der Waals surface area (Å²) in [5.41, 5.74) is -1.77. The van der Waals surface area contributed by atoms with Gasteiger partial charge in [-0.15, -0.1) is 0 Å². The van der Waals surface area contributed by atoms with Crippen LogP contribution in [0.4, 0.5) is 13.2 Å². The predicted octanol–water partition coefficient (Wildman–Crippen LogP) is 3.94. The lowest BCUT2D eigenvalue weighted by Gasteiger charge is -2.37. The van der Waals surface area contributed by atoms with Crippen molar-refractivity contribution in [2.75, 3.05) is 0 Å². The highest BCUT2D eigenvalue weighted by Gasteiger charge is 2.58. The van der Waals surface area contributed by atoms with Gasteiger partial charge in [0, 0.05) is 6.92 Å². The summed E-state index contributed by atoms with van der Waals surface area (Å²) in [7, 11) is 0. The van der Waals surface area contributed by atoms with Crippen LogP contribution >= 0.6 is 0 Å². The van der Waals surface area contributed by atoms with Crippen LogP contribution in [0.2, 0.25) is 0 Å². The zero-order valence-electron chi connectivity index (χ0n) is 12.2. The third-order valence-corrected chi connectivity index (χ3v) is 3.48. The fraction of sp³-hybridized carbons (Fsp3) is 0.235. The molecule has 5 heteroatoms. The van der Waals surface area contributed by atoms with Crippen LogP contribution in [0, 0.1) is 6.92 Å². The van der Waals surface area contributed by atoms with E-state index in [4.69, 9.17) is 0 Å². The van der Waals surface area contributed by atoms with Gasteiger partial charge in [-0.05, 0) is 18.1 Å². The quantitative estimate of drug-likeness (QED) is 0.914. The largest absolute Gasteiger partial charge is 0.420 e. The van der Waals surface area contributed by atoms with Crippen molar-refractivity contribution in [3.05, 3.63) is 71.3 Å². The number of hydrogen-bond donors (Lipinski definition) is 1. The van der Waals surface area contributed by atoms with E-state index < -0.39 is 17.6 Å². The molecule has 0 aromatic heterocycles. The Kier molecular flexibility index (Phi) is 4.26. The van der Waals surface area contributed by atoms with Gasteiger partial charge >= 0.3 is 6.18 Å². The molecule has 0 saturated heterocycles. The zero-order valence-corrected chi connectivity index (χ0v) is 12.2. The van der Waals surface area contributed by atoms with Crippen molar-refractivity contribution in [3.8, 4) is 0 Å². The maximum Gasteiger partial charge on any atom is 0.420 e. The van der Waals surface area contributed by atoms with E-state index in [1.165, 1.54) is 36.4 Å². The van der Waals surface area contributed by atoms with Crippen LogP contribution in [0.3, 0.4) is 0 Å². The molecule has 0 aliphatic carbocycles. The minimum absolute atomic E-state index is 0.0213. The second-order valence-electron chi connectivity index (χ2n) is 5.16. The van der Waals surface area contributed by atoms with Crippen molar-refractivity contribution in [1.82, 2.24) is 5.32 Å². The number of benzene rings is 2. The number of rotatable bonds is 3. The lowest BCUT2D eigenvalue weighted by atomic mass is 9.81. The van der Waals surface area contributed by atoms with Crippen LogP contribution in [-0.4, -0.2) is 12.1 Å². The molecule has 1 N–H and O–H groups in total. The maximum atomic E-state index is 14.0. The number of nitrogens with one attached hydrogen (secondary N) is 1. The molecule has 0 heterocycles. The summed E-state index contributed by atoms with van der Waals surface area (Å²) in [4.78, 5) is 11.5. The average molecular weight is 307 g/mol. The van der Waals surface area contributed by atoms with Gasteiger partial charge < -0.3 is 5.32 Å². The fourth-order valence-electron chi connectivity index (χ4n) is 2.46. The summed E-state index contributed by atoms with van der Waals surface area (Å²) in [6.07, 6.45) is -4.69. The lowest BCUT2D eigenvalue weighted by Crippen LogP contribution is -2.56. The van der Waals surface area contributed by atoms with Gasteiger partial charge in [0.15, 0.2) is 5.54 Å². The first-order valence-electron chi connectivity index (χ1n) is 6.75. The molecule has 0 radical (unpaired) electrons. The van der Waals surface area contributed by atoms with Gasteiger partial charge in [0.25, 0.3) is 0 Å². The maximum absolute atomic E-state index is 14.0. The number of hydrogen-bond acceptors (Lipinski definition) is 1. The first-order valence-corrected chi connectivity index (χ1v) is 6.75. The molecule has 0 bridgehead atoms. The monoisotopic (exact) mass is 307 g/mol. The minimum Gasteiger partial charge on any atom is -0.335 e. The van der Waals surface area contributed by atoms with Gasteiger partial charge in [-0.25, -0.2) is 0 Å². The first-order chi connectivity index (χ1) is 10.3. The molecule has 2 rings (SSSR count). The second kappa shape index (κ2) is 5.83. The molecule has 2 aromatic carbocycles. The Balaban J connectivity index is 2.76. The first kappa shape index (κ1) is 16.1. The van der Waals surface area contributed by atoms with Crippen LogP contribution in [-0.2, 0) is 10.3 Å². The highest BCUT2D eigenvalue weighted by atomic mass is 19.4. The third kappa shape index (κ3) is 2.84. The standard InChI is InChI=1S/C17H16F3NO/c1-12-8-10-15(11-9-12)16(17(18,19)20,21-13(2)22)14-6-4-3-5-7-14/h3-11H,1-2H3,(H,21,22). The van der Waals surface area contributed by atoms with Gasteiger partial charge in [0.05, 0.1) is 0 Å². The summed E-state index contributed by atoms with van der Waals surface area (Å²) >= 11 is 0.